The van der Waals surface area contributed by atoms with Crippen molar-refractivity contribution >= 4 is 5.97 Å². The second-order valence-corrected chi connectivity index (χ2v) is 8.88. The summed E-state index contributed by atoms with van der Waals surface area (Å²) in [6, 6.07) is 0. The Morgan fingerprint density at radius 2 is 1.81 bits per heavy atom. The first-order chi connectivity index (χ1) is 17.1. The van der Waals surface area contributed by atoms with Gasteiger partial charge in [0.15, 0.2) is 11.9 Å². The number of carbonyl (C=O) groups excluding carboxylic acids is 1. The molecule has 0 aliphatic carbocycles. The van der Waals surface area contributed by atoms with Crippen LogP contribution in [0.15, 0.2) is 23.9 Å². The molecule has 13 nitrogen and oxygen atoms in total. The summed E-state index contributed by atoms with van der Waals surface area (Å²) in [5.41, 5.74) is 0. The van der Waals surface area contributed by atoms with Gasteiger partial charge in [0.1, 0.15) is 37.1 Å². The number of esters is 1. The largest absolute Gasteiger partial charge is 0.505 e. The highest BCUT2D eigenvalue weighted by molar-refractivity contribution is 5.89. The van der Waals surface area contributed by atoms with Crippen LogP contribution in [0.1, 0.15) is 45.4 Å². The third-order valence-corrected chi connectivity index (χ3v) is 6.00. The topological polar surface area (TPSA) is 216 Å². The highest BCUT2D eigenvalue weighted by Gasteiger charge is 2.58. The van der Waals surface area contributed by atoms with Gasteiger partial charge in [0.25, 0.3) is 0 Å². The van der Waals surface area contributed by atoms with Gasteiger partial charge in [-0.05, 0) is 18.9 Å². The van der Waals surface area contributed by atoms with Crippen LogP contribution in [0, 0.1) is 0 Å². The Morgan fingerprint density at radius 1 is 1.08 bits per heavy atom. The molecule has 1 fully saturated rings. The van der Waals surface area contributed by atoms with E-state index in [4.69, 9.17) is 24.1 Å². The molecule has 2 aliphatic rings. The Morgan fingerprint density at radius 3 is 2.44 bits per heavy atom. The highest BCUT2D eigenvalue weighted by atomic mass is 16.7. The molecule has 2 aliphatic heterocycles. The zero-order valence-corrected chi connectivity index (χ0v) is 20.2. The fourth-order valence-electron chi connectivity index (χ4n) is 3.94. The van der Waals surface area contributed by atoms with Crippen molar-refractivity contribution in [3.05, 3.63) is 23.9 Å². The van der Waals surface area contributed by atoms with Crippen molar-refractivity contribution in [2.24, 2.45) is 0 Å². The Bertz CT molecular complexity index is 756. The van der Waals surface area contributed by atoms with Crippen molar-refractivity contribution in [3.63, 3.8) is 0 Å². The molecule has 2 rings (SSSR count). The monoisotopic (exact) mass is 522 g/mol. The molecule has 0 aromatic heterocycles. The number of allylic oxidation sites excluding steroid dienone is 1. The standard InChI is InChI=1S/C23H38O13/c1-2-3-4-5-6-7-8-33-12-15-16(28)17(29)21(31)23(35-15,9-13(26)10-24)36-20-18(30)19(14(27)11-25)34-22(20)32/h7-8,13-17,19,21,24-31H,2-6,9-12H2,1H3/t13?,14-,15+,16+,17-,19+,21+,23?/m0/s1. The van der Waals surface area contributed by atoms with Crippen LogP contribution < -0.4 is 0 Å². The van der Waals surface area contributed by atoms with Crippen LogP contribution in [-0.4, -0.2) is 115 Å². The third kappa shape index (κ3) is 7.29. The second-order valence-electron chi connectivity index (χ2n) is 8.88. The molecule has 1 saturated heterocycles. The molecule has 0 radical (unpaired) electrons. The van der Waals surface area contributed by atoms with E-state index in [1.54, 1.807) is 6.08 Å². The van der Waals surface area contributed by atoms with Crippen molar-refractivity contribution in [2.75, 3.05) is 19.8 Å². The molecule has 2 heterocycles. The lowest BCUT2D eigenvalue weighted by molar-refractivity contribution is -0.360. The van der Waals surface area contributed by atoms with Gasteiger partial charge in [-0.1, -0.05) is 26.2 Å². The van der Waals surface area contributed by atoms with Gasteiger partial charge in [0, 0.05) is 6.42 Å². The lowest BCUT2D eigenvalue weighted by Gasteiger charge is -2.48. The first-order valence-electron chi connectivity index (χ1n) is 12.0. The van der Waals surface area contributed by atoms with E-state index in [-0.39, 0.29) is 6.61 Å². The number of cyclic esters (lactones) is 1. The predicted molar refractivity (Wildman–Crippen MR) is 121 cm³/mol. The molecule has 208 valence electrons. The lowest BCUT2D eigenvalue weighted by atomic mass is 9.89. The molecular formula is C23H38O13. The normalized spacial score (nSPS) is 32.6. The molecule has 36 heavy (non-hydrogen) atoms. The van der Waals surface area contributed by atoms with E-state index < -0.39 is 85.6 Å². The van der Waals surface area contributed by atoms with Gasteiger partial charge in [0.2, 0.25) is 11.5 Å². The van der Waals surface area contributed by atoms with Crippen molar-refractivity contribution in [1.29, 1.82) is 0 Å². The van der Waals surface area contributed by atoms with Gasteiger partial charge in [-0.25, -0.2) is 4.79 Å². The second kappa shape index (κ2) is 14.1. The Balaban J connectivity index is 2.23. The van der Waals surface area contributed by atoms with Gasteiger partial charge in [-0.3, -0.25) is 0 Å². The Labute approximate surface area is 208 Å². The predicted octanol–water partition coefficient (Wildman–Crippen LogP) is -1.53. The van der Waals surface area contributed by atoms with Crippen molar-refractivity contribution in [3.8, 4) is 0 Å². The molecule has 0 bridgehead atoms. The first kappa shape index (κ1) is 30.3. The molecule has 8 atom stereocenters. The van der Waals surface area contributed by atoms with Crippen LogP contribution in [0.5, 0.6) is 0 Å². The zero-order valence-electron chi connectivity index (χ0n) is 20.2. The van der Waals surface area contributed by atoms with Crippen LogP contribution in [0.3, 0.4) is 0 Å². The zero-order chi connectivity index (χ0) is 26.9. The van der Waals surface area contributed by atoms with Crippen LogP contribution in [0.4, 0.5) is 0 Å². The molecule has 0 spiro atoms. The average Bonchev–Trinajstić information content (AvgIpc) is 3.14. The number of rotatable bonds is 15. The van der Waals surface area contributed by atoms with Crippen LogP contribution in [0.2, 0.25) is 0 Å². The number of hydrogen-bond donors (Lipinski definition) is 8. The summed E-state index contributed by atoms with van der Waals surface area (Å²) in [6.07, 6.45) is -4.42. The smallest absolute Gasteiger partial charge is 0.378 e. The number of unbranched alkanes of at least 4 members (excludes halogenated alkanes) is 4. The van der Waals surface area contributed by atoms with Crippen molar-refractivity contribution < 1.29 is 64.6 Å². The summed E-state index contributed by atoms with van der Waals surface area (Å²) in [7, 11) is 0. The minimum absolute atomic E-state index is 0.321. The number of hydrogen-bond acceptors (Lipinski definition) is 13. The summed E-state index contributed by atoms with van der Waals surface area (Å²) >= 11 is 0. The van der Waals surface area contributed by atoms with E-state index in [1.165, 1.54) is 6.26 Å². The number of carbonyl (C=O) groups is 1. The quantitative estimate of drug-likeness (QED) is 0.0697. The maximum absolute atomic E-state index is 12.3. The summed E-state index contributed by atoms with van der Waals surface area (Å²) in [4.78, 5) is 12.3. The summed E-state index contributed by atoms with van der Waals surface area (Å²) in [5, 5.41) is 80.3. The lowest BCUT2D eigenvalue weighted by Crippen LogP contribution is -2.67. The summed E-state index contributed by atoms with van der Waals surface area (Å²) < 4.78 is 21.4. The average molecular weight is 523 g/mol. The number of ether oxygens (including phenoxy) is 4. The minimum Gasteiger partial charge on any atom is -0.505 e. The Hall–Kier alpha value is -1.97. The van der Waals surface area contributed by atoms with Crippen LogP contribution >= 0.6 is 0 Å². The maximum Gasteiger partial charge on any atom is 0.378 e. The fraction of sp³-hybridized carbons (Fsp3) is 0.783. The molecule has 2 unspecified atom stereocenters. The van der Waals surface area contributed by atoms with Crippen molar-refractivity contribution in [2.45, 2.75) is 94.0 Å². The van der Waals surface area contributed by atoms with E-state index >= 15 is 0 Å². The van der Waals surface area contributed by atoms with Gasteiger partial charge in [-0.15, -0.1) is 0 Å². The summed E-state index contributed by atoms with van der Waals surface area (Å²) in [5.74, 6) is -5.57. The number of aliphatic hydroxyl groups is 8. The minimum atomic E-state index is -2.46. The van der Waals surface area contributed by atoms with E-state index in [0.29, 0.717) is 0 Å². The van der Waals surface area contributed by atoms with Gasteiger partial charge in [-0.2, -0.15) is 0 Å². The molecular weight excluding hydrogens is 484 g/mol. The third-order valence-electron chi connectivity index (χ3n) is 6.00. The molecule has 8 N–H and O–H groups in total. The molecule has 13 heteroatoms. The van der Waals surface area contributed by atoms with Gasteiger partial charge < -0.3 is 59.8 Å². The van der Waals surface area contributed by atoms with E-state index in [9.17, 15) is 40.5 Å². The SMILES string of the molecule is CCCCCCC=COC[C@H]1OC(CC(O)CO)(OC2=C(O)[C@@H]([C@@H](O)CO)OC2=O)[C@H](O)[C@@H](O)[C@@H]1O. The fourth-order valence-corrected chi connectivity index (χ4v) is 3.94. The van der Waals surface area contributed by atoms with Crippen molar-refractivity contribution in [1.82, 2.24) is 0 Å². The maximum atomic E-state index is 12.3. The molecule has 0 aromatic rings. The van der Waals surface area contributed by atoms with Crippen LogP contribution in [-0.2, 0) is 23.7 Å². The molecule has 0 aromatic carbocycles. The van der Waals surface area contributed by atoms with E-state index in [2.05, 4.69) is 6.92 Å². The van der Waals surface area contributed by atoms with Gasteiger partial charge >= 0.3 is 5.97 Å². The Kier molecular flexibility index (Phi) is 11.8. The summed E-state index contributed by atoms with van der Waals surface area (Å²) in [6.45, 7) is 0.105. The molecule has 0 amide bonds. The van der Waals surface area contributed by atoms with Gasteiger partial charge in [0.05, 0.1) is 25.6 Å². The first-order valence-corrected chi connectivity index (χ1v) is 12.0. The number of aliphatic hydroxyl groups excluding tert-OH is 8. The highest BCUT2D eigenvalue weighted by Crippen LogP contribution is 2.39. The van der Waals surface area contributed by atoms with E-state index in [0.717, 1.165) is 32.1 Å². The molecule has 0 saturated carbocycles. The van der Waals surface area contributed by atoms with E-state index in [1.807, 2.05) is 0 Å². The van der Waals surface area contributed by atoms with Crippen LogP contribution in [0.25, 0.3) is 0 Å².